The van der Waals surface area contributed by atoms with Gasteiger partial charge in [0.15, 0.2) is 0 Å². The number of hydrogen-bond acceptors (Lipinski definition) is 1. The minimum absolute atomic E-state index is 0.396. The first-order valence-electron chi connectivity index (χ1n) is 8.52. The molecule has 2 heteroatoms. The van der Waals surface area contributed by atoms with Gasteiger partial charge in [0.2, 0.25) is 0 Å². The smallest absolute Gasteiger partial charge is 0.335 e. The van der Waals surface area contributed by atoms with Crippen LogP contribution in [0, 0.1) is 13.8 Å². The third-order valence-corrected chi connectivity index (χ3v) is 4.57. The molecule has 3 aromatic carbocycles. The van der Waals surface area contributed by atoms with Crippen LogP contribution in [0.2, 0.25) is 0 Å². The lowest BCUT2D eigenvalue weighted by molar-refractivity contribution is 0.0696. The number of benzene rings is 3. The van der Waals surface area contributed by atoms with Crippen molar-refractivity contribution in [3.8, 4) is 11.1 Å². The Hall–Kier alpha value is -2.87. The summed E-state index contributed by atoms with van der Waals surface area (Å²) in [6.45, 7) is 3.92. The van der Waals surface area contributed by atoms with Crippen molar-refractivity contribution < 1.29 is 9.90 Å². The maximum atomic E-state index is 11.2. The second kappa shape index (κ2) is 7.35. The van der Waals surface area contributed by atoms with Gasteiger partial charge in [0.25, 0.3) is 0 Å². The molecule has 0 radical (unpaired) electrons. The predicted molar refractivity (Wildman–Crippen MR) is 102 cm³/mol. The number of carboxylic acid groups (broad SMARTS) is 1. The van der Waals surface area contributed by atoms with Crippen LogP contribution in [-0.2, 0) is 12.8 Å². The SMILES string of the molecule is Cc1ccc(-c2ccc(CCc3ccc(C)c(C(=O)O)c3)cc2)cc1. The fraction of sp³-hybridized carbons (Fsp3) is 0.174. The van der Waals surface area contributed by atoms with Gasteiger partial charge in [-0.1, -0.05) is 66.2 Å². The number of rotatable bonds is 5. The van der Waals surface area contributed by atoms with Crippen molar-refractivity contribution in [1.29, 1.82) is 0 Å². The van der Waals surface area contributed by atoms with Gasteiger partial charge in [-0.05, 0) is 60.6 Å². The summed E-state index contributed by atoms with van der Waals surface area (Å²) in [6, 6.07) is 22.8. The lowest BCUT2D eigenvalue weighted by atomic mass is 9.98. The summed E-state index contributed by atoms with van der Waals surface area (Å²) in [6.07, 6.45) is 1.74. The summed E-state index contributed by atoms with van der Waals surface area (Å²) in [5.74, 6) is -0.859. The zero-order chi connectivity index (χ0) is 17.8. The summed E-state index contributed by atoms with van der Waals surface area (Å²) >= 11 is 0. The van der Waals surface area contributed by atoms with Crippen molar-refractivity contribution >= 4 is 5.97 Å². The first-order valence-corrected chi connectivity index (χ1v) is 8.52. The van der Waals surface area contributed by atoms with Gasteiger partial charge in [-0.25, -0.2) is 4.79 Å². The van der Waals surface area contributed by atoms with Gasteiger partial charge in [-0.15, -0.1) is 0 Å². The number of aromatic carboxylic acids is 1. The molecule has 3 aromatic rings. The van der Waals surface area contributed by atoms with Gasteiger partial charge in [0.1, 0.15) is 0 Å². The molecule has 2 nitrogen and oxygen atoms in total. The van der Waals surface area contributed by atoms with Crippen LogP contribution >= 0.6 is 0 Å². The Balaban J connectivity index is 1.69. The van der Waals surface area contributed by atoms with Crippen LogP contribution in [0.1, 0.15) is 32.6 Å². The Morgan fingerprint density at radius 3 is 1.88 bits per heavy atom. The van der Waals surface area contributed by atoms with E-state index in [1.165, 1.54) is 22.3 Å². The Morgan fingerprint density at radius 1 is 0.760 bits per heavy atom. The molecule has 1 N–H and O–H groups in total. The Kier molecular flexibility index (Phi) is 4.99. The average molecular weight is 330 g/mol. The standard InChI is InChI=1S/C23H22O2/c1-16-3-11-20(12-4-16)21-13-9-18(10-14-21)7-8-19-6-5-17(2)22(15-19)23(24)25/h3-6,9-15H,7-8H2,1-2H3,(H,24,25). The van der Waals surface area contributed by atoms with E-state index < -0.39 is 5.97 Å². The Morgan fingerprint density at radius 2 is 1.28 bits per heavy atom. The van der Waals surface area contributed by atoms with Gasteiger partial charge >= 0.3 is 5.97 Å². The molecule has 0 saturated heterocycles. The first-order chi connectivity index (χ1) is 12.0. The molecule has 0 unspecified atom stereocenters. The third-order valence-electron chi connectivity index (χ3n) is 4.57. The highest BCUT2D eigenvalue weighted by molar-refractivity contribution is 5.89. The summed E-state index contributed by atoms with van der Waals surface area (Å²) in [5, 5.41) is 9.23. The zero-order valence-corrected chi connectivity index (χ0v) is 14.6. The Labute approximate surface area is 148 Å². The van der Waals surface area contributed by atoms with E-state index in [0.717, 1.165) is 24.0 Å². The van der Waals surface area contributed by atoms with Crippen LogP contribution in [0.25, 0.3) is 11.1 Å². The van der Waals surface area contributed by atoms with Crippen LogP contribution in [0.5, 0.6) is 0 Å². The molecule has 0 bridgehead atoms. The van der Waals surface area contributed by atoms with Gasteiger partial charge in [-0.3, -0.25) is 0 Å². The molecule has 0 aliphatic rings. The minimum Gasteiger partial charge on any atom is -0.478 e. The maximum Gasteiger partial charge on any atom is 0.335 e. The molecule has 0 aromatic heterocycles. The average Bonchev–Trinajstić information content (AvgIpc) is 2.62. The number of carbonyl (C=O) groups is 1. The molecule has 0 fully saturated rings. The van der Waals surface area contributed by atoms with E-state index in [4.69, 9.17) is 0 Å². The molecule has 126 valence electrons. The van der Waals surface area contributed by atoms with Gasteiger partial charge in [0.05, 0.1) is 5.56 Å². The molecule has 0 atom stereocenters. The first kappa shape index (κ1) is 17.0. The molecule has 0 amide bonds. The maximum absolute atomic E-state index is 11.2. The molecule has 0 saturated carbocycles. The van der Waals surface area contributed by atoms with Crippen molar-refractivity contribution in [3.63, 3.8) is 0 Å². The van der Waals surface area contributed by atoms with Crippen molar-refractivity contribution in [2.45, 2.75) is 26.7 Å². The van der Waals surface area contributed by atoms with Crippen molar-refractivity contribution in [2.24, 2.45) is 0 Å². The molecular formula is C23H22O2. The zero-order valence-electron chi connectivity index (χ0n) is 14.6. The molecule has 0 heterocycles. The minimum atomic E-state index is -0.859. The molecule has 0 spiro atoms. The fourth-order valence-electron chi connectivity index (χ4n) is 2.95. The highest BCUT2D eigenvalue weighted by atomic mass is 16.4. The molecule has 3 rings (SSSR count). The Bertz CT molecular complexity index is 875. The third kappa shape index (κ3) is 4.16. The summed E-state index contributed by atoms with van der Waals surface area (Å²) < 4.78 is 0. The van der Waals surface area contributed by atoms with E-state index in [1.807, 2.05) is 19.1 Å². The van der Waals surface area contributed by atoms with Gasteiger partial charge < -0.3 is 5.11 Å². The molecule has 25 heavy (non-hydrogen) atoms. The van der Waals surface area contributed by atoms with Crippen molar-refractivity contribution in [3.05, 3.63) is 94.5 Å². The topological polar surface area (TPSA) is 37.3 Å². The molecule has 0 aliphatic carbocycles. The van der Waals surface area contributed by atoms with E-state index in [-0.39, 0.29) is 0 Å². The van der Waals surface area contributed by atoms with Crippen molar-refractivity contribution in [1.82, 2.24) is 0 Å². The normalized spacial score (nSPS) is 10.6. The van der Waals surface area contributed by atoms with Crippen LogP contribution in [0.15, 0.2) is 66.7 Å². The fourth-order valence-corrected chi connectivity index (χ4v) is 2.95. The molecular weight excluding hydrogens is 308 g/mol. The number of aryl methyl sites for hydroxylation is 4. The predicted octanol–water partition coefficient (Wildman–Crippen LogP) is 5.45. The van der Waals surface area contributed by atoms with Gasteiger partial charge in [0, 0.05) is 0 Å². The van der Waals surface area contributed by atoms with Crippen LogP contribution in [-0.4, -0.2) is 11.1 Å². The summed E-state index contributed by atoms with van der Waals surface area (Å²) in [7, 11) is 0. The van der Waals surface area contributed by atoms with Gasteiger partial charge in [-0.2, -0.15) is 0 Å². The quantitative estimate of drug-likeness (QED) is 0.675. The van der Waals surface area contributed by atoms with Crippen molar-refractivity contribution in [2.75, 3.05) is 0 Å². The van der Waals surface area contributed by atoms with Crippen LogP contribution in [0.3, 0.4) is 0 Å². The lowest BCUT2D eigenvalue weighted by Gasteiger charge is -2.07. The summed E-state index contributed by atoms with van der Waals surface area (Å²) in [4.78, 5) is 11.2. The van der Waals surface area contributed by atoms with E-state index in [0.29, 0.717) is 5.56 Å². The van der Waals surface area contributed by atoms with E-state index >= 15 is 0 Å². The largest absolute Gasteiger partial charge is 0.478 e. The van der Waals surface area contributed by atoms with Crippen LogP contribution < -0.4 is 0 Å². The number of carboxylic acids is 1. The van der Waals surface area contributed by atoms with E-state index in [1.54, 1.807) is 6.07 Å². The second-order valence-corrected chi connectivity index (χ2v) is 6.52. The van der Waals surface area contributed by atoms with E-state index in [9.17, 15) is 9.90 Å². The summed E-state index contributed by atoms with van der Waals surface area (Å²) in [5.41, 5.74) is 7.22. The molecule has 0 aliphatic heterocycles. The number of hydrogen-bond donors (Lipinski definition) is 1. The van der Waals surface area contributed by atoms with Crippen LogP contribution in [0.4, 0.5) is 0 Å². The highest BCUT2D eigenvalue weighted by Crippen LogP contribution is 2.21. The monoisotopic (exact) mass is 330 g/mol. The second-order valence-electron chi connectivity index (χ2n) is 6.52. The van der Waals surface area contributed by atoms with E-state index in [2.05, 4.69) is 55.5 Å². The lowest BCUT2D eigenvalue weighted by Crippen LogP contribution is -2.01. The highest BCUT2D eigenvalue weighted by Gasteiger charge is 2.08.